The highest BCUT2D eigenvalue weighted by Crippen LogP contribution is 2.30. The molecular formula is C12H11ClN2O5S. The van der Waals surface area contributed by atoms with Crippen LogP contribution < -0.4 is 15.2 Å². The molecule has 0 aliphatic heterocycles. The van der Waals surface area contributed by atoms with Crippen LogP contribution in [0.2, 0.25) is 5.02 Å². The summed E-state index contributed by atoms with van der Waals surface area (Å²) in [5, 5.41) is 0.332. The number of nitrogens with one attached hydrogen (secondary N) is 1. The lowest BCUT2D eigenvalue weighted by molar-refractivity contribution is 0.0974. The molecule has 1 heterocycles. The van der Waals surface area contributed by atoms with Gasteiger partial charge in [0.2, 0.25) is 0 Å². The number of amides is 1. The zero-order chi connectivity index (χ0) is 15.6. The molecule has 0 aliphatic carbocycles. The van der Waals surface area contributed by atoms with E-state index in [2.05, 4.69) is 4.72 Å². The van der Waals surface area contributed by atoms with Gasteiger partial charge in [-0.05, 0) is 18.2 Å². The van der Waals surface area contributed by atoms with Crippen molar-refractivity contribution in [2.45, 2.75) is 4.90 Å². The molecule has 0 atom stereocenters. The lowest BCUT2D eigenvalue weighted by atomic mass is 10.3. The number of ether oxygens (including phenoxy) is 1. The molecule has 1 aromatic carbocycles. The number of carbonyl (C=O) groups is 1. The quantitative estimate of drug-likeness (QED) is 0.868. The lowest BCUT2D eigenvalue weighted by Crippen LogP contribution is -2.13. The van der Waals surface area contributed by atoms with Gasteiger partial charge < -0.3 is 14.9 Å². The average Bonchev–Trinajstić information content (AvgIpc) is 2.89. The van der Waals surface area contributed by atoms with E-state index in [1.807, 2.05) is 0 Å². The molecule has 3 N–H and O–H groups in total. The van der Waals surface area contributed by atoms with Crippen molar-refractivity contribution in [2.75, 3.05) is 11.8 Å². The van der Waals surface area contributed by atoms with Gasteiger partial charge >= 0.3 is 0 Å². The number of sulfonamides is 1. The fraction of sp³-hybridized carbons (Fsp3) is 0.0833. The number of methoxy groups -OCH3 is 1. The fourth-order valence-corrected chi connectivity index (χ4v) is 2.73. The van der Waals surface area contributed by atoms with Gasteiger partial charge in [0.1, 0.15) is 16.9 Å². The van der Waals surface area contributed by atoms with E-state index in [1.54, 1.807) is 6.07 Å². The standard InChI is InChI=1S/C12H11ClN2O5S/c1-19-10-3-2-7(13)4-9(10)15-21(17,18)8-5-11(12(14)16)20-6-8/h2-6,15H,1H3,(H2,14,16). The average molecular weight is 331 g/mol. The van der Waals surface area contributed by atoms with Crippen LogP contribution in [0, 0.1) is 0 Å². The Labute approximate surface area is 125 Å². The lowest BCUT2D eigenvalue weighted by Gasteiger charge is -2.10. The van der Waals surface area contributed by atoms with Crippen molar-refractivity contribution >= 4 is 33.2 Å². The molecule has 0 bridgehead atoms. The maximum absolute atomic E-state index is 12.2. The maximum atomic E-state index is 12.2. The van der Waals surface area contributed by atoms with Crippen molar-refractivity contribution in [3.05, 3.63) is 41.3 Å². The number of furan rings is 1. The van der Waals surface area contributed by atoms with E-state index in [9.17, 15) is 13.2 Å². The molecule has 7 nitrogen and oxygen atoms in total. The third kappa shape index (κ3) is 3.29. The van der Waals surface area contributed by atoms with Crippen molar-refractivity contribution in [1.29, 1.82) is 0 Å². The third-order valence-corrected chi connectivity index (χ3v) is 4.09. The topological polar surface area (TPSA) is 112 Å². The molecule has 0 spiro atoms. The summed E-state index contributed by atoms with van der Waals surface area (Å²) >= 11 is 5.82. The zero-order valence-electron chi connectivity index (χ0n) is 10.8. The summed E-state index contributed by atoms with van der Waals surface area (Å²) in [4.78, 5) is 10.7. The second-order valence-electron chi connectivity index (χ2n) is 3.96. The van der Waals surface area contributed by atoms with Crippen molar-refractivity contribution in [2.24, 2.45) is 5.73 Å². The highest BCUT2D eigenvalue weighted by molar-refractivity contribution is 7.92. The highest BCUT2D eigenvalue weighted by atomic mass is 35.5. The molecule has 21 heavy (non-hydrogen) atoms. The van der Waals surface area contributed by atoms with Crippen LogP contribution in [0.5, 0.6) is 5.75 Å². The van der Waals surface area contributed by atoms with Crippen LogP contribution in [-0.2, 0) is 10.0 Å². The summed E-state index contributed by atoms with van der Waals surface area (Å²) in [5.74, 6) is -0.827. The van der Waals surface area contributed by atoms with E-state index >= 15 is 0 Å². The Hall–Kier alpha value is -2.19. The summed E-state index contributed by atoms with van der Waals surface area (Å²) < 4.78 is 36.5. The van der Waals surface area contributed by atoms with Crippen molar-refractivity contribution in [3.63, 3.8) is 0 Å². The van der Waals surface area contributed by atoms with Crippen molar-refractivity contribution < 1.29 is 22.4 Å². The second kappa shape index (κ2) is 5.66. The third-order valence-electron chi connectivity index (χ3n) is 2.53. The number of nitrogens with two attached hydrogens (primary N) is 1. The van der Waals surface area contributed by atoms with Gasteiger partial charge in [0.05, 0.1) is 12.8 Å². The van der Waals surface area contributed by atoms with E-state index in [4.69, 9.17) is 26.5 Å². The minimum absolute atomic E-state index is 0.159. The molecule has 2 rings (SSSR count). The summed E-state index contributed by atoms with van der Waals surface area (Å²) in [5.41, 5.74) is 5.16. The fourth-order valence-electron chi connectivity index (χ4n) is 1.55. The molecule has 0 aliphatic rings. The van der Waals surface area contributed by atoms with Gasteiger partial charge in [0.15, 0.2) is 5.76 Å². The first-order chi connectivity index (χ1) is 9.83. The summed E-state index contributed by atoms with van der Waals surface area (Å²) in [6, 6.07) is 5.50. The molecule has 0 saturated heterocycles. The Morgan fingerprint density at radius 1 is 1.38 bits per heavy atom. The Bertz CT molecular complexity index is 785. The van der Waals surface area contributed by atoms with Crippen LogP contribution in [-0.4, -0.2) is 21.4 Å². The minimum Gasteiger partial charge on any atom is -0.495 e. The molecular weight excluding hydrogens is 320 g/mol. The van der Waals surface area contributed by atoms with Gasteiger partial charge in [-0.3, -0.25) is 9.52 Å². The first-order valence-corrected chi connectivity index (χ1v) is 7.44. The van der Waals surface area contributed by atoms with Gasteiger partial charge in [-0.25, -0.2) is 8.42 Å². The van der Waals surface area contributed by atoms with Crippen LogP contribution in [0.15, 0.2) is 39.8 Å². The second-order valence-corrected chi connectivity index (χ2v) is 6.08. The largest absolute Gasteiger partial charge is 0.495 e. The van der Waals surface area contributed by atoms with E-state index in [0.29, 0.717) is 10.8 Å². The predicted octanol–water partition coefficient (Wildman–Crippen LogP) is 1.84. The SMILES string of the molecule is COc1ccc(Cl)cc1NS(=O)(=O)c1coc(C(N)=O)c1. The summed E-state index contributed by atoms with van der Waals surface area (Å²) in [6.07, 6.45) is 0.916. The summed E-state index contributed by atoms with van der Waals surface area (Å²) in [7, 11) is -2.57. The molecule has 0 saturated carbocycles. The number of halogens is 1. The van der Waals surface area contributed by atoms with Crippen molar-refractivity contribution in [1.82, 2.24) is 0 Å². The van der Waals surface area contributed by atoms with E-state index in [-0.39, 0.29) is 16.3 Å². The molecule has 9 heteroatoms. The first-order valence-electron chi connectivity index (χ1n) is 5.58. The number of rotatable bonds is 5. The first kappa shape index (κ1) is 15.2. The maximum Gasteiger partial charge on any atom is 0.284 e. The van der Waals surface area contributed by atoms with E-state index in [1.165, 1.54) is 19.2 Å². The molecule has 0 radical (unpaired) electrons. The van der Waals surface area contributed by atoms with Crippen LogP contribution >= 0.6 is 11.6 Å². The van der Waals surface area contributed by atoms with E-state index < -0.39 is 15.9 Å². The molecule has 1 amide bonds. The van der Waals surface area contributed by atoms with Gasteiger partial charge in [-0.15, -0.1) is 0 Å². The van der Waals surface area contributed by atoms with Crippen LogP contribution in [0.25, 0.3) is 0 Å². The molecule has 1 aromatic heterocycles. The Morgan fingerprint density at radius 2 is 2.10 bits per heavy atom. The molecule has 0 unspecified atom stereocenters. The molecule has 2 aromatic rings. The van der Waals surface area contributed by atoms with Gasteiger partial charge in [0.25, 0.3) is 15.9 Å². The number of benzene rings is 1. The van der Waals surface area contributed by atoms with Crippen molar-refractivity contribution in [3.8, 4) is 5.75 Å². The number of hydrogen-bond acceptors (Lipinski definition) is 5. The Morgan fingerprint density at radius 3 is 2.67 bits per heavy atom. The normalized spacial score (nSPS) is 11.1. The molecule has 112 valence electrons. The van der Waals surface area contributed by atoms with E-state index in [0.717, 1.165) is 12.3 Å². The smallest absolute Gasteiger partial charge is 0.284 e. The summed E-state index contributed by atoms with van der Waals surface area (Å²) in [6.45, 7) is 0. The number of primary amides is 1. The van der Waals surface area contributed by atoms with Gasteiger partial charge in [0, 0.05) is 11.1 Å². The van der Waals surface area contributed by atoms with Crippen LogP contribution in [0.3, 0.4) is 0 Å². The van der Waals surface area contributed by atoms with Gasteiger partial charge in [-0.1, -0.05) is 11.6 Å². The van der Waals surface area contributed by atoms with Crippen LogP contribution in [0.4, 0.5) is 5.69 Å². The monoisotopic (exact) mass is 330 g/mol. The zero-order valence-corrected chi connectivity index (χ0v) is 12.4. The number of anilines is 1. The number of carbonyl (C=O) groups excluding carboxylic acids is 1. The molecule has 0 fully saturated rings. The predicted molar refractivity (Wildman–Crippen MR) is 76.0 cm³/mol. The Kier molecular flexibility index (Phi) is 4.10. The highest BCUT2D eigenvalue weighted by Gasteiger charge is 2.21. The Balaban J connectivity index is 2.37. The minimum atomic E-state index is -3.97. The number of hydrogen-bond donors (Lipinski definition) is 2. The van der Waals surface area contributed by atoms with Crippen LogP contribution in [0.1, 0.15) is 10.6 Å². The van der Waals surface area contributed by atoms with Gasteiger partial charge in [-0.2, -0.15) is 0 Å².